The Kier molecular flexibility index (Phi) is 4.23. The summed E-state index contributed by atoms with van der Waals surface area (Å²) in [5, 5.41) is 0. The summed E-state index contributed by atoms with van der Waals surface area (Å²) in [4.78, 5) is 35.5. The van der Waals surface area contributed by atoms with E-state index in [4.69, 9.17) is 0 Å². The van der Waals surface area contributed by atoms with Crippen LogP contribution in [0.5, 0.6) is 0 Å². The number of aromatic nitrogens is 1. The highest BCUT2D eigenvalue weighted by Gasteiger charge is 2.29. The molecular formula is C17H17N3O3. The molecule has 0 spiro atoms. The number of carbonyl (C=O) groups is 2. The number of carbonyl (C=O) groups excluding carboxylic acids is 2. The molecule has 1 aliphatic rings. The zero-order valence-electron chi connectivity index (χ0n) is 12.5. The van der Waals surface area contributed by atoms with E-state index in [0.29, 0.717) is 12.1 Å². The number of hydrogen-bond acceptors (Lipinski definition) is 3. The molecule has 2 N–H and O–H groups in total. The topological polar surface area (TPSA) is 80.2 Å². The van der Waals surface area contributed by atoms with Crippen molar-refractivity contribution in [2.45, 2.75) is 19.4 Å². The predicted octanol–water partition coefficient (Wildman–Crippen LogP) is 1.07. The number of amides is 2. The van der Waals surface area contributed by atoms with Gasteiger partial charge in [0.2, 0.25) is 5.91 Å². The highest BCUT2D eigenvalue weighted by Crippen LogP contribution is 2.28. The number of hydrazine groups is 1. The predicted molar refractivity (Wildman–Crippen MR) is 84.6 cm³/mol. The lowest BCUT2D eigenvalue weighted by atomic mass is 10.2. The highest BCUT2D eigenvalue weighted by molar-refractivity contribution is 5.95. The summed E-state index contributed by atoms with van der Waals surface area (Å²) >= 11 is 0. The summed E-state index contributed by atoms with van der Waals surface area (Å²) in [6.45, 7) is 0.384. The van der Waals surface area contributed by atoms with Gasteiger partial charge in [-0.05, 0) is 24.5 Å². The molecule has 1 aromatic heterocycles. The molecule has 0 radical (unpaired) electrons. The van der Waals surface area contributed by atoms with E-state index in [-0.39, 0.29) is 17.4 Å². The summed E-state index contributed by atoms with van der Waals surface area (Å²) in [6.07, 6.45) is 3.22. The largest absolute Gasteiger partial charge is 0.310 e. The number of pyridine rings is 1. The summed E-state index contributed by atoms with van der Waals surface area (Å²) in [5.74, 6) is -0.598. The summed E-state index contributed by atoms with van der Waals surface area (Å²) < 4.78 is 1.47. The van der Waals surface area contributed by atoms with E-state index in [2.05, 4.69) is 10.9 Å². The Morgan fingerprint density at radius 1 is 1.04 bits per heavy atom. The van der Waals surface area contributed by atoms with E-state index >= 15 is 0 Å². The molecule has 1 aliphatic carbocycles. The fraction of sp³-hybridized carbons (Fsp3) is 0.235. The van der Waals surface area contributed by atoms with Crippen molar-refractivity contribution in [1.82, 2.24) is 15.4 Å². The van der Waals surface area contributed by atoms with Crippen molar-refractivity contribution in [1.29, 1.82) is 0 Å². The van der Waals surface area contributed by atoms with Crippen LogP contribution in [0.25, 0.3) is 0 Å². The van der Waals surface area contributed by atoms with Crippen LogP contribution < -0.4 is 16.4 Å². The van der Waals surface area contributed by atoms with Gasteiger partial charge in [0.25, 0.3) is 11.5 Å². The van der Waals surface area contributed by atoms with Crippen LogP contribution in [0.4, 0.5) is 0 Å². The first-order valence-corrected chi connectivity index (χ1v) is 7.48. The molecule has 0 atom stereocenters. The van der Waals surface area contributed by atoms with Gasteiger partial charge >= 0.3 is 0 Å². The Balaban J connectivity index is 1.70. The molecule has 0 aliphatic heterocycles. The van der Waals surface area contributed by atoms with Gasteiger partial charge in [-0.25, -0.2) is 0 Å². The van der Waals surface area contributed by atoms with Gasteiger partial charge in [-0.1, -0.05) is 30.3 Å². The first kappa shape index (κ1) is 15.0. The number of hydrogen-bond donors (Lipinski definition) is 2. The van der Waals surface area contributed by atoms with Gasteiger partial charge < -0.3 is 4.57 Å². The minimum absolute atomic E-state index is 0.0161. The minimum atomic E-state index is -0.444. The lowest BCUT2D eigenvalue weighted by Gasteiger charge is -2.10. The van der Waals surface area contributed by atoms with Crippen LogP contribution in [0.15, 0.2) is 53.5 Å². The Labute approximate surface area is 133 Å². The van der Waals surface area contributed by atoms with Gasteiger partial charge in [0, 0.05) is 18.2 Å². The maximum atomic E-state index is 12.1. The van der Waals surface area contributed by atoms with Crippen LogP contribution in [0, 0.1) is 5.92 Å². The minimum Gasteiger partial charge on any atom is -0.310 e. The fourth-order valence-corrected chi connectivity index (χ4v) is 2.21. The standard InChI is InChI=1S/C17H17N3O3/c21-15-9-8-14(17(23)19-18-16(22)13-6-7-13)11-20(15)10-12-4-2-1-3-5-12/h1-5,8-9,11,13H,6-7,10H2,(H,18,22)(H,19,23). The molecule has 118 valence electrons. The number of nitrogens with zero attached hydrogens (tertiary/aromatic N) is 1. The maximum Gasteiger partial charge on any atom is 0.271 e. The van der Waals surface area contributed by atoms with Crippen molar-refractivity contribution in [3.8, 4) is 0 Å². The quantitative estimate of drug-likeness (QED) is 0.829. The van der Waals surface area contributed by atoms with Crippen LogP contribution in [0.3, 0.4) is 0 Å². The lowest BCUT2D eigenvalue weighted by molar-refractivity contribution is -0.123. The van der Waals surface area contributed by atoms with E-state index in [0.717, 1.165) is 18.4 Å². The maximum absolute atomic E-state index is 12.1. The molecule has 3 rings (SSSR count). The molecular weight excluding hydrogens is 294 g/mol. The van der Waals surface area contributed by atoms with Crippen LogP contribution in [0.1, 0.15) is 28.8 Å². The third-order valence-corrected chi connectivity index (χ3v) is 3.69. The molecule has 2 aromatic rings. The third kappa shape index (κ3) is 3.85. The van der Waals surface area contributed by atoms with Gasteiger partial charge in [-0.3, -0.25) is 25.2 Å². The van der Waals surface area contributed by atoms with E-state index in [1.165, 1.54) is 22.9 Å². The van der Waals surface area contributed by atoms with Gasteiger partial charge in [0.1, 0.15) is 0 Å². The van der Waals surface area contributed by atoms with Crippen molar-refractivity contribution < 1.29 is 9.59 Å². The van der Waals surface area contributed by atoms with Gasteiger partial charge in [-0.2, -0.15) is 0 Å². The Bertz CT molecular complexity index is 779. The van der Waals surface area contributed by atoms with Crippen LogP contribution in [-0.2, 0) is 11.3 Å². The van der Waals surface area contributed by atoms with Crippen molar-refractivity contribution in [2.75, 3.05) is 0 Å². The van der Waals surface area contributed by atoms with Gasteiger partial charge in [0.05, 0.1) is 12.1 Å². The van der Waals surface area contributed by atoms with Crippen molar-refractivity contribution in [2.24, 2.45) is 5.92 Å². The first-order chi connectivity index (χ1) is 11.1. The fourth-order valence-electron chi connectivity index (χ4n) is 2.21. The van der Waals surface area contributed by atoms with E-state index < -0.39 is 5.91 Å². The van der Waals surface area contributed by atoms with Crippen molar-refractivity contribution >= 4 is 11.8 Å². The molecule has 2 amide bonds. The van der Waals surface area contributed by atoms with Crippen molar-refractivity contribution in [3.63, 3.8) is 0 Å². The molecule has 0 bridgehead atoms. The lowest BCUT2D eigenvalue weighted by Crippen LogP contribution is -2.42. The second-order valence-electron chi connectivity index (χ2n) is 5.59. The molecule has 6 heteroatoms. The summed E-state index contributed by atoms with van der Waals surface area (Å²) in [5.41, 5.74) is 5.87. The summed E-state index contributed by atoms with van der Waals surface area (Å²) in [6, 6.07) is 12.3. The molecule has 1 saturated carbocycles. The molecule has 0 unspecified atom stereocenters. The molecule has 6 nitrogen and oxygen atoms in total. The number of benzene rings is 1. The highest BCUT2D eigenvalue weighted by atomic mass is 16.2. The molecule has 0 saturated heterocycles. The van der Waals surface area contributed by atoms with Crippen molar-refractivity contribution in [3.05, 3.63) is 70.1 Å². The van der Waals surface area contributed by atoms with Crippen LogP contribution in [-0.4, -0.2) is 16.4 Å². The number of nitrogens with one attached hydrogen (secondary N) is 2. The zero-order valence-corrected chi connectivity index (χ0v) is 12.5. The van der Waals surface area contributed by atoms with E-state index in [9.17, 15) is 14.4 Å². The van der Waals surface area contributed by atoms with E-state index in [1.807, 2.05) is 30.3 Å². The average Bonchev–Trinajstić information content (AvgIpc) is 3.40. The second-order valence-corrected chi connectivity index (χ2v) is 5.59. The molecule has 1 heterocycles. The van der Waals surface area contributed by atoms with Crippen LogP contribution in [0.2, 0.25) is 0 Å². The SMILES string of the molecule is O=C(NNC(=O)C1CC1)c1ccc(=O)n(Cc2ccccc2)c1. The second kappa shape index (κ2) is 6.48. The average molecular weight is 311 g/mol. The Hall–Kier alpha value is -2.89. The molecule has 23 heavy (non-hydrogen) atoms. The number of rotatable bonds is 4. The molecule has 1 aromatic carbocycles. The summed E-state index contributed by atoms with van der Waals surface area (Å²) in [7, 11) is 0. The third-order valence-electron chi connectivity index (χ3n) is 3.69. The monoisotopic (exact) mass is 311 g/mol. The van der Waals surface area contributed by atoms with Gasteiger partial charge in [-0.15, -0.1) is 0 Å². The normalized spacial score (nSPS) is 13.4. The zero-order chi connectivity index (χ0) is 16.2. The van der Waals surface area contributed by atoms with E-state index in [1.54, 1.807) is 0 Å². The first-order valence-electron chi connectivity index (χ1n) is 7.48. The van der Waals surface area contributed by atoms with Gasteiger partial charge in [0.15, 0.2) is 0 Å². The smallest absolute Gasteiger partial charge is 0.271 e. The Morgan fingerprint density at radius 2 is 1.78 bits per heavy atom. The Morgan fingerprint density at radius 3 is 2.48 bits per heavy atom. The van der Waals surface area contributed by atoms with Crippen LogP contribution >= 0.6 is 0 Å². The molecule has 1 fully saturated rings.